The monoisotopic (exact) mass is 593 g/mol. The maximum absolute atomic E-state index is 4.24. The summed E-state index contributed by atoms with van der Waals surface area (Å²) < 4.78 is 0. The Balaban J connectivity index is 1.31. The highest BCUT2D eigenvalue weighted by Crippen LogP contribution is 2.67. The van der Waals surface area contributed by atoms with Gasteiger partial charge < -0.3 is 0 Å². The summed E-state index contributed by atoms with van der Waals surface area (Å²) in [5, 5.41) is 2.65. The molecule has 0 fully saturated rings. The molecule has 11 rings (SSSR count). The van der Waals surface area contributed by atoms with Crippen LogP contribution in [0.1, 0.15) is 22.3 Å². The minimum Gasteiger partial charge on any atom is -0.265 e. The Hall–Kier alpha value is -6.05. The van der Waals surface area contributed by atoms with Crippen LogP contribution in [-0.2, 0) is 5.41 Å². The van der Waals surface area contributed by atoms with Gasteiger partial charge in [-0.05, 0) is 118 Å². The van der Waals surface area contributed by atoms with Crippen LogP contribution in [0.5, 0.6) is 0 Å². The first kappa shape index (κ1) is 25.2. The topological polar surface area (TPSA) is 12.9 Å². The van der Waals surface area contributed by atoms with Gasteiger partial charge in [0, 0.05) is 12.4 Å². The molecule has 216 valence electrons. The molecule has 8 aromatic rings. The third-order valence-corrected chi connectivity index (χ3v) is 10.9. The maximum Gasteiger partial charge on any atom is 0.0725 e. The molecular weight excluding hydrogens is 567 g/mol. The third kappa shape index (κ3) is 3.07. The van der Waals surface area contributed by atoms with Crippen molar-refractivity contribution in [1.82, 2.24) is 4.98 Å². The second-order valence-electron chi connectivity index (χ2n) is 13.0. The van der Waals surface area contributed by atoms with Crippen molar-refractivity contribution in [2.24, 2.45) is 0 Å². The number of rotatable bonds is 2. The Bertz CT molecular complexity index is 2560. The second-order valence-corrected chi connectivity index (χ2v) is 13.0. The van der Waals surface area contributed by atoms with Crippen LogP contribution in [0.4, 0.5) is 0 Å². The van der Waals surface area contributed by atoms with Crippen LogP contribution in [-0.4, -0.2) is 4.98 Å². The molecule has 0 aliphatic heterocycles. The zero-order valence-electron chi connectivity index (χ0n) is 25.5. The lowest BCUT2D eigenvalue weighted by molar-refractivity contribution is 0.794. The molecule has 0 N–H and O–H groups in total. The van der Waals surface area contributed by atoms with Gasteiger partial charge in [0.15, 0.2) is 0 Å². The lowest BCUT2D eigenvalue weighted by Crippen LogP contribution is -2.26. The van der Waals surface area contributed by atoms with Crippen molar-refractivity contribution in [2.45, 2.75) is 5.41 Å². The molecule has 0 radical (unpaired) electrons. The highest BCUT2D eigenvalue weighted by Gasteiger charge is 2.53. The highest BCUT2D eigenvalue weighted by molar-refractivity contribution is 6.21. The minimum atomic E-state index is -0.400. The van der Waals surface area contributed by atoms with Crippen LogP contribution in [0.2, 0.25) is 0 Å². The molecule has 3 aliphatic rings. The molecule has 1 heterocycles. The van der Waals surface area contributed by atoms with Gasteiger partial charge in [0.2, 0.25) is 0 Å². The zero-order chi connectivity index (χ0) is 30.7. The number of pyridine rings is 1. The van der Waals surface area contributed by atoms with E-state index in [4.69, 9.17) is 0 Å². The molecule has 7 aromatic carbocycles. The lowest BCUT2D eigenvalue weighted by Gasteiger charge is -2.31. The first-order valence-corrected chi connectivity index (χ1v) is 16.4. The molecule has 0 unspecified atom stereocenters. The van der Waals surface area contributed by atoms with Gasteiger partial charge in [0.05, 0.1) is 5.41 Å². The van der Waals surface area contributed by atoms with Crippen molar-refractivity contribution in [3.05, 3.63) is 186 Å². The van der Waals surface area contributed by atoms with Gasteiger partial charge >= 0.3 is 0 Å². The van der Waals surface area contributed by atoms with E-state index in [0.29, 0.717) is 0 Å². The van der Waals surface area contributed by atoms with E-state index >= 15 is 0 Å². The summed E-state index contributed by atoms with van der Waals surface area (Å²) in [5.41, 5.74) is 20.7. The fourth-order valence-corrected chi connectivity index (χ4v) is 9.18. The highest BCUT2D eigenvalue weighted by atomic mass is 14.6. The Labute approximate surface area is 273 Å². The van der Waals surface area contributed by atoms with E-state index in [2.05, 4.69) is 157 Å². The van der Waals surface area contributed by atoms with Gasteiger partial charge in [-0.2, -0.15) is 0 Å². The van der Waals surface area contributed by atoms with Gasteiger partial charge in [-0.1, -0.05) is 133 Å². The third-order valence-electron chi connectivity index (χ3n) is 10.9. The summed E-state index contributed by atoms with van der Waals surface area (Å²) >= 11 is 0. The Morgan fingerprint density at radius 2 is 0.872 bits per heavy atom. The molecule has 0 amide bonds. The zero-order valence-corrected chi connectivity index (χ0v) is 25.5. The van der Waals surface area contributed by atoms with E-state index < -0.39 is 5.41 Å². The van der Waals surface area contributed by atoms with Crippen molar-refractivity contribution < 1.29 is 0 Å². The average Bonchev–Trinajstić information content (AvgIpc) is 3.74. The molecule has 1 aromatic heterocycles. The van der Waals surface area contributed by atoms with Crippen LogP contribution in [0.3, 0.4) is 0 Å². The molecule has 1 nitrogen and oxygen atoms in total. The Kier molecular flexibility index (Phi) is 4.83. The largest absolute Gasteiger partial charge is 0.265 e. The first-order chi connectivity index (χ1) is 23.3. The predicted octanol–water partition coefficient (Wildman–Crippen LogP) is 11.6. The molecule has 47 heavy (non-hydrogen) atoms. The van der Waals surface area contributed by atoms with E-state index in [1.54, 1.807) is 0 Å². The van der Waals surface area contributed by atoms with Crippen LogP contribution < -0.4 is 0 Å². The molecule has 0 bridgehead atoms. The smallest absolute Gasteiger partial charge is 0.0725 e. The molecular formula is C46H27N. The summed E-state index contributed by atoms with van der Waals surface area (Å²) in [4.78, 5) is 4.24. The van der Waals surface area contributed by atoms with Gasteiger partial charge in [0.1, 0.15) is 0 Å². The van der Waals surface area contributed by atoms with Gasteiger partial charge in [-0.3, -0.25) is 4.98 Å². The van der Waals surface area contributed by atoms with Gasteiger partial charge in [-0.15, -0.1) is 0 Å². The molecule has 3 aliphatic carbocycles. The first-order valence-electron chi connectivity index (χ1n) is 16.4. The van der Waals surface area contributed by atoms with Crippen molar-refractivity contribution in [3.8, 4) is 66.8 Å². The summed E-state index contributed by atoms with van der Waals surface area (Å²) in [6.45, 7) is 0. The van der Waals surface area contributed by atoms with Crippen molar-refractivity contribution in [2.75, 3.05) is 0 Å². The second kappa shape index (κ2) is 9.02. The van der Waals surface area contributed by atoms with E-state index in [1.165, 1.54) is 99.8 Å². The van der Waals surface area contributed by atoms with Crippen molar-refractivity contribution in [1.29, 1.82) is 0 Å². The normalized spacial score (nSPS) is 13.7. The number of nitrogens with zero attached hydrogens (tertiary/aromatic N) is 1. The lowest BCUT2D eigenvalue weighted by atomic mass is 9.69. The fourth-order valence-electron chi connectivity index (χ4n) is 9.18. The van der Waals surface area contributed by atoms with E-state index in [-0.39, 0.29) is 0 Å². The molecule has 0 saturated carbocycles. The summed E-state index contributed by atoms with van der Waals surface area (Å²) in [7, 11) is 0. The number of benzene rings is 7. The van der Waals surface area contributed by atoms with Crippen LogP contribution in [0.15, 0.2) is 164 Å². The van der Waals surface area contributed by atoms with Crippen LogP contribution in [0.25, 0.3) is 77.5 Å². The van der Waals surface area contributed by atoms with Crippen LogP contribution in [0, 0.1) is 0 Å². The summed E-state index contributed by atoms with van der Waals surface area (Å²) in [6.07, 6.45) is 3.73. The SMILES string of the molecule is c1ccc2c(c1)-c1ccccc1C21c2ccccc2-c2c1cc1c(c2-c2ccc(-c3ccncc3)cc2)-c2cccc3cccc-1c23. The maximum atomic E-state index is 4.24. The fraction of sp³-hybridized carbons (Fsp3) is 0.0217. The van der Waals surface area contributed by atoms with Gasteiger partial charge in [-0.25, -0.2) is 0 Å². The molecule has 1 heteroatoms. The van der Waals surface area contributed by atoms with Crippen LogP contribution >= 0.6 is 0 Å². The van der Waals surface area contributed by atoms with Crippen molar-refractivity contribution in [3.63, 3.8) is 0 Å². The average molecular weight is 594 g/mol. The number of hydrogen-bond acceptors (Lipinski definition) is 1. The van der Waals surface area contributed by atoms with E-state index in [9.17, 15) is 0 Å². The predicted molar refractivity (Wildman–Crippen MR) is 193 cm³/mol. The number of aromatic nitrogens is 1. The number of hydrogen-bond donors (Lipinski definition) is 0. The quantitative estimate of drug-likeness (QED) is 0.194. The standard InChI is InChI=1S/C46H27N/c1-4-16-38-32(11-1)33-12-2-5-17-39(33)46(38)40-18-6-3-13-35(40)45-41(46)27-37-34-14-7-9-30-10-8-15-36(42(30)34)44(37)43(45)31-21-19-28(20-22-31)29-23-25-47-26-24-29/h1-27H. The molecule has 0 atom stereocenters. The molecule has 0 saturated heterocycles. The minimum absolute atomic E-state index is 0.400. The Morgan fingerprint density at radius 3 is 1.55 bits per heavy atom. The van der Waals surface area contributed by atoms with E-state index in [1.807, 2.05) is 12.4 Å². The summed E-state index contributed by atoms with van der Waals surface area (Å²) in [6, 6.07) is 56.9. The van der Waals surface area contributed by atoms with Gasteiger partial charge in [0.25, 0.3) is 0 Å². The number of fused-ring (bicyclic) bond motifs is 13. The van der Waals surface area contributed by atoms with Crippen molar-refractivity contribution >= 4 is 10.8 Å². The Morgan fingerprint density at radius 1 is 0.340 bits per heavy atom. The van der Waals surface area contributed by atoms with E-state index in [0.717, 1.165) is 0 Å². The summed E-state index contributed by atoms with van der Waals surface area (Å²) in [5.74, 6) is 0. The molecule has 1 spiro atoms.